The van der Waals surface area contributed by atoms with E-state index in [1.165, 1.54) is 139 Å². The van der Waals surface area contributed by atoms with Crippen molar-refractivity contribution in [1.29, 1.82) is 0 Å². The van der Waals surface area contributed by atoms with Crippen LogP contribution in [0.3, 0.4) is 0 Å². The van der Waals surface area contributed by atoms with Crippen LogP contribution in [-0.4, -0.2) is 9.97 Å². The normalized spacial score (nSPS) is 14.7. The Morgan fingerprint density at radius 2 is 0.423 bits per heavy atom. The number of rotatable bonds is 4. The van der Waals surface area contributed by atoms with Gasteiger partial charge in [0.2, 0.25) is 0 Å². The molecule has 4 heterocycles. The summed E-state index contributed by atoms with van der Waals surface area (Å²) in [5.41, 5.74) is 32.2. The standard InChI is InChI=1S/C92H68N4.Pt/c1-5-21-57-41-69(37-33-53(57)17-1)81-85-73-45-61-25-9-11-27-63(61)47-75(73)87(93-85)82(70-38-34-54-18-2-6-22-58(54)42-70)89-77-49-65-29-13-15-31-67(65)51-79(77)91(95-89)84(72-40-36-56-20-4-8-24-60(56)44-72)92-80-52-68-32-16-14-30-66(68)50-78(80)90(96-92)83(71-39-35-55-19-3-7-23-59(55)43-71)88-76-48-64-28-12-10-26-62(64)46-74(76)86(81)94-88;/h9-16,25-52H,1-8,17-24H2;/q-2;+2. The van der Waals surface area contributed by atoms with Crippen molar-refractivity contribution in [1.82, 2.24) is 19.9 Å². The largest absolute Gasteiger partial charge is 2.00 e. The fourth-order valence-electron chi connectivity index (χ4n) is 18.1. The third kappa shape index (κ3) is 9.12. The summed E-state index contributed by atoms with van der Waals surface area (Å²) >= 11 is 0. The Morgan fingerprint density at radius 3 is 0.649 bits per heavy atom. The third-order valence-electron chi connectivity index (χ3n) is 22.9. The molecule has 0 atom stereocenters. The van der Waals surface area contributed by atoms with E-state index in [-0.39, 0.29) is 21.1 Å². The molecule has 2 aromatic heterocycles. The van der Waals surface area contributed by atoms with Gasteiger partial charge in [0.1, 0.15) is 0 Å². The Kier molecular flexibility index (Phi) is 13.3. The van der Waals surface area contributed by atoms with Gasteiger partial charge in [0, 0.05) is 22.3 Å². The number of nitrogens with zero attached hydrogens (tertiary/aromatic N) is 4. The summed E-state index contributed by atoms with van der Waals surface area (Å²) in [5, 5.41) is 13.9. The van der Waals surface area contributed by atoms with E-state index < -0.39 is 0 Å². The van der Waals surface area contributed by atoms with Crippen molar-refractivity contribution in [2.24, 2.45) is 0 Å². The van der Waals surface area contributed by atoms with Gasteiger partial charge in [0.15, 0.2) is 0 Å². The summed E-state index contributed by atoms with van der Waals surface area (Å²) < 4.78 is 0. The molecule has 21 rings (SSSR count). The smallest absolute Gasteiger partial charge is 0.656 e. The van der Waals surface area contributed by atoms with Crippen LogP contribution in [0.1, 0.15) is 95.9 Å². The van der Waals surface area contributed by atoms with E-state index in [2.05, 4.69) is 218 Å². The van der Waals surface area contributed by atoms with Crippen LogP contribution in [0, 0.1) is 0 Å². The summed E-state index contributed by atoms with van der Waals surface area (Å²) in [6.45, 7) is 0. The van der Waals surface area contributed by atoms with E-state index in [1.807, 2.05) is 0 Å². The topological polar surface area (TPSA) is 54.0 Å². The van der Waals surface area contributed by atoms with Gasteiger partial charge in [-0.15, -0.1) is 22.1 Å². The van der Waals surface area contributed by atoms with E-state index in [1.54, 1.807) is 0 Å². The van der Waals surface area contributed by atoms with Gasteiger partial charge < -0.3 is 9.97 Å². The number of hydrogen-bond donors (Lipinski definition) is 0. The fourth-order valence-corrected chi connectivity index (χ4v) is 18.1. The molecular weight excluding hydrogens is 1360 g/mol. The second-order valence-corrected chi connectivity index (χ2v) is 28.5. The molecule has 8 bridgehead atoms. The van der Waals surface area contributed by atoms with Crippen molar-refractivity contribution < 1.29 is 21.1 Å². The monoisotopic (exact) mass is 1420 g/mol. The molecule has 0 fully saturated rings. The van der Waals surface area contributed by atoms with Crippen LogP contribution in [0.15, 0.2) is 218 Å². The van der Waals surface area contributed by atoms with E-state index in [9.17, 15) is 0 Å². The average Bonchev–Trinajstić information content (AvgIpc) is 1.56. The molecule has 0 radical (unpaired) electrons. The first kappa shape index (κ1) is 57.3. The molecule has 0 saturated heterocycles. The maximum absolute atomic E-state index is 6.45. The third-order valence-corrected chi connectivity index (χ3v) is 22.9. The van der Waals surface area contributed by atoms with Crippen molar-refractivity contribution in [2.45, 2.75) is 103 Å². The van der Waals surface area contributed by atoms with Gasteiger partial charge >= 0.3 is 21.1 Å². The molecule has 466 valence electrons. The Balaban J connectivity index is 0.00000641. The maximum Gasteiger partial charge on any atom is 2.00 e. The van der Waals surface area contributed by atoms with Crippen molar-refractivity contribution in [3.63, 3.8) is 0 Å². The summed E-state index contributed by atoms with van der Waals surface area (Å²) in [6, 6.07) is 84.8. The Labute approximate surface area is 578 Å². The number of hydrogen-bond acceptors (Lipinski definition) is 2. The molecule has 2 aliphatic heterocycles. The number of aryl methyl sites for hydroxylation is 8. The van der Waals surface area contributed by atoms with Crippen LogP contribution in [0.5, 0.6) is 0 Å². The van der Waals surface area contributed by atoms with Gasteiger partial charge in [0.05, 0.1) is 22.8 Å². The van der Waals surface area contributed by atoms with Gasteiger partial charge in [-0.25, -0.2) is 9.97 Å². The second-order valence-electron chi connectivity index (χ2n) is 28.5. The minimum atomic E-state index is 0. The van der Waals surface area contributed by atoms with Gasteiger partial charge in [0.25, 0.3) is 0 Å². The van der Waals surface area contributed by atoms with Crippen LogP contribution < -0.4 is 9.97 Å². The molecule has 0 saturated carbocycles. The van der Waals surface area contributed by atoms with Crippen molar-refractivity contribution in [2.75, 3.05) is 0 Å². The van der Waals surface area contributed by atoms with E-state index in [0.29, 0.717) is 0 Å². The first-order chi connectivity index (χ1) is 47.5. The molecule has 5 heteroatoms. The molecule has 14 aromatic rings. The average molecular weight is 1420 g/mol. The summed E-state index contributed by atoms with van der Waals surface area (Å²) in [6.07, 6.45) is 18.1. The predicted molar refractivity (Wildman–Crippen MR) is 401 cm³/mol. The Morgan fingerprint density at radius 1 is 0.216 bits per heavy atom. The van der Waals surface area contributed by atoms with Crippen molar-refractivity contribution in [3.05, 3.63) is 263 Å². The van der Waals surface area contributed by atoms with E-state index in [0.717, 1.165) is 185 Å². The fraction of sp³-hybridized carbons (Fsp3) is 0.174. The van der Waals surface area contributed by atoms with Gasteiger partial charge in [-0.1, -0.05) is 170 Å². The minimum absolute atomic E-state index is 0. The molecule has 0 amide bonds. The van der Waals surface area contributed by atoms with Crippen LogP contribution in [0.2, 0.25) is 0 Å². The summed E-state index contributed by atoms with van der Waals surface area (Å²) in [7, 11) is 0. The zero-order valence-corrected chi connectivity index (χ0v) is 56.5. The first-order valence-corrected chi connectivity index (χ1v) is 35.5. The molecule has 12 aromatic carbocycles. The molecule has 5 aliphatic carbocycles. The van der Waals surface area contributed by atoms with Crippen LogP contribution in [0.25, 0.3) is 176 Å². The number of aromatic nitrogens is 4. The quantitative estimate of drug-likeness (QED) is 0.176. The van der Waals surface area contributed by atoms with E-state index >= 15 is 0 Å². The number of fused-ring (bicyclic) bond motifs is 8. The molecule has 0 unspecified atom stereocenters. The van der Waals surface area contributed by atoms with Gasteiger partial charge in [-0.3, -0.25) is 0 Å². The summed E-state index contributed by atoms with van der Waals surface area (Å²) in [5.74, 6) is 0. The molecule has 0 N–H and O–H groups in total. The number of benzene rings is 12. The Bertz CT molecular complexity index is 5380. The van der Waals surface area contributed by atoms with Crippen molar-refractivity contribution >= 4 is 86.7 Å². The van der Waals surface area contributed by atoms with Gasteiger partial charge in [-0.2, -0.15) is 0 Å². The minimum Gasteiger partial charge on any atom is -0.656 e. The SMILES string of the molecule is [Pt+2].c1ccc2cc3c(cc2c1)-c1nc-3c(-c2ccc3c(c2)CCCC3)c2[n-]c(c(-c3ccc4c(c3)CCCC4)c3nc(c(-c4ccc5c(c4)CCCC5)c4[n-]c(c1-c1ccc5c(c1)CCCC5)c1cc5ccccc5cc41)-c1cc4ccccc4cc1-3)c1cc3ccccc3cc21. The van der Waals surface area contributed by atoms with Crippen LogP contribution in [-0.2, 0) is 72.4 Å². The Hall–Kier alpha value is -9.99. The van der Waals surface area contributed by atoms with E-state index in [4.69, 9.17) is 19.9 Å². The molecular formula is C92H68N4Pt. The molecule has 0 spiro atoms. The van der Waals surface area contributed by atoms with Gasteiger partial charge in [-0.05, 0) is 305 Å². The first-order valence-electron chi connectivity index (χ1n) is 35.5. The maximum atomic E-state index is 6.45. The van der Waals surface area contributed by atoms with Crippen LogP contribution >= 0.6 is 0 Å². The predicted octanol–water partition coefficient (Wildman–Crippen LogP) is 23.3. The molecule has 4 nitrogen and oxygen atoms in total. The summed E-state index contributed by atoms with van der Waals surface area (Å²) in [4.78, 5) is 25.8. The molecule has 7 aliphatic rings. The molecule has 97 heavy (non-hydrogen) atoms. The van der Waals surface area contributed by atoms with Crippen molar-refractivity contribution in [3.8, 4) is 89.5 Å². The zero-order chi connectivity index (χ0) is 62.7. The zero-order valence-electron chi connectivity index (χ0n) is 54.2. The second kappa shape index (κ2) is 22.6. The van der Waals surface area contributed by atoms with Crippen LogP contribution in [0.4, 0.5) is 0 Å².